The van der Waals surface area contributed by atoms with Crippen LogP contribution in [0.5, 0.6) is 0 Å². The first-order valence-corrected chi connectivity index (χ1v) is 8.35. The third-order valence-corrected chi connectivity index (χ3v) is 4.16. The molecule has 144 valence electrons. The number of benzene rings is 1. The lowest BCUT2D eigenvalue weighted by molar-refractivity contribution is -0.109. The highest BCUT2D eigenvalue weighted by molar-refractivity contribution is 5.89. The van der Waals surface area contributed by atoms with E-state index in [1.54, 1.807) is 19.2 Å². The fourth-order valence-electron chi connectivity index (χ4n) is 2.85. The number of aryl methyl sites for hydroxylation is 1. The third-order valence-electron chi connectivity index (χ3n) is 4.16. The van der Waals surface area contributed by atoms with Crippen molar-refractivity contribution in [3.05, 3.63) is 42.3 Å². The van der Waals surface area contributed by atoms with Crippen molar-refractivity contribution in [1.29, 1.82) is 0 Å². The average Bonchev–Trinajstić information content (AvgIpc) is 3.39. The van der Waals surface area contributed by atoms with Gasteiger partial charge in [0.25, 0.3) is 0 Å². The molecule has 1 atom stereocenters. The molecule has 11 heteroatoms. The van der Waals surface area contributed by atoms with E-state index in [2.05, 4.69) is 20.6 Å². The Labute approximate surface area is 157 Å². The van der Waals surface area contributed by atoms with Crippen molar-refractivity contribution in [3.63, 3.8) is 0 Å². The summed E-state index contributed by atoms with van der Waals surface area (Å²) in [6.07, 6.45) is 2.51. The van der Waals surface area contributed by atoms with E-state index in [1.807, 2.05) is 0 Å². The summed E-state index contributed by atoms with van der Waals surface area (Å²) in [6, 6.07) is 4.33. The highest BCUT2D eigenvalue weighted by Gasteiger charge is 2.32. The summed E-state index contributed by atoms with van der Waals surface area (Å²) in [6.45, 7) is 2.07. The largest absolute Gasteiger partial charge is 0.442 e. The zero-order chi connectivity index (χ0) is 19.7. The Morgan fingerprint density at radius 2 is 2.29 bits per heavy atom. The van der Waals surface area contributed by atoms with Gasteiger partial charge in [-0.3, -0.25) is 9.69 Å². The molecule has 1 aliphatic rings. The van der Waals surface area contributed by atoms with Gasteiger partial charge in [0.2, 0.25) is 18.1 Å². The van der Waals surface area contributed by atoms with Gasteiger partial charge in [-0.15, -0.1) is 0 Å². The standard InChI is InChI=1S/C17H15FN6O4/c1-10-21-16(22-28-10)11-5-20-24(7-11)15-3-2-12(4-14(15)18)23-8-13(6-19-9-25)27-17(23)26/h2-5,7,9,13H,6,8H2,1H3,(H,19,25). The van der Waals surface area contributed by atoms with Gasteiger partial charge in [-0.1, -0.05) is 5.16 Å². The van der Waals surface area contributed by atoms with Crippen LogP contribution >= 0.6 is 0 Å². The van der Waals surface area contributed by atoms with Gasteiger partial charge in [0.05, 0.1) is 30.5 Å². The van der Waals surface area contributed by atoms with Gasteiger partial charge in [0, 0.05) is 13.1 Å². The van der Waals surface area contributed by atoms with Crippen molar-refractivity contribution in [3.8, 4) is 17.1 Å². The fourth-order valence-corrected chi connectivity index (χ4v) is 2.85. The Morgan fingerprint density at radius 3 is 3.00 bits per heavy atom. The molecule has 28 heavy (non-hydrogen) atoms. The molecular formula is C17H15FN6O4. The molecule has 2 amide bonds. The Kier molecular flexibility index (Phi) is 4.47. The molecule has 3 aromatic rings. The van der Waals surface area contributed by atoms with Crippen LogP contribution in [-0.2, 0) is 9.53 Å². The predicted octanol–water partition coefficient (Wildman–Crippen LogP) is 1.44. The van der Waals surface area contributed by atoms with Crippen LogP contribution in [0.3, 0.4) is 0 Å². The van der Waals surface area contributed by atoms with E-state index in [0.717, 1.165) is 0 Å². The molecule has 3 heterocycles. The molecule has 1 fully saturated rings. The van der Waals surface area contributed by atoms with Crippen molar-refractivity contribution in [1.82, 2.24) is 25.2 Å². The van der Waals surface area contributed by atoms with E-state index < -0.39 is 18.0 Å². The molecule has 0 spiro atoms. The molecule has 1 unspecified atom stereocenters. The lowest BCUT2D eigenvalue weighted by atomic mass is 10.2. The van der Waals surface area contributed by atoms with E-state index in [4.69, 9.17) is 9.26 Å². The molecule has 0 bridgehead atoms. The molecule has 0 radical (unpaired) electrons. The van der Waals surface area contributed by atoms with Crippen LogP contribution < -0.4 is 10.2 Å². The number of carbonyl (C=O) groups excluding carboxylic acids is 2. The van der Waals surface area contributed by atoms with Crippen LogP contribution in [0.4, 0.5) is 14.9 Å². The minimum atomic E-state index is -0.598. The molecule has 2 aromatic heterocycles. The van der Waals surface area contributed by atoms with Gasteiger partial charge < -0.3 is 14.6 Å². The maximum atomic E-state index is 14.7. The Hall–Kier alpha value is -3.76. The predicted molar refractivity (Wildman–Crippen MR) is 93.2 cm³/mol. The second kappa shape index (κ2) is 7.10. The van der Waals surface area contributed by atoms with Gasteiger partial charge in [0.15, 0.2) is 5.82 Å². The van der Waals surface area contributed by atoms with Crippen LogP contribution in [0.15, 0.2) is 35.1 Å². The second-order valence-corrected chi connectivity index (χ2v) is 6.09. The molecular weight excluding hydrogens is 371 g/mol. The molecule has 0 aliphatic carbocycles. The van der Waals surface area contributed by atoms with E-state index in [1.165, 1.54) is 27.9 Å². The number of aromatic nitrogens is 4. The Morgan fingerprint density at radius 1 is 1.43 bits per heavy atom. The number of amides is 2. The smallest absolute Gasteiger partial charge is 0.414 e. The zero-order valence-electron chi connectivity index (χ0n) is 14.7. The van der Waals surface area contributed by atoms with Gasteiger partial charge in [-0.05, 0) is 18.2 Å². The van der Waals surface area contributed by atoms with Gasteiger partial charge in [-0.2, -0.15) is 10.1 Å². The summed E-state index contributed by atoms with van der Waals surface area (Å²) in [5, 5.41) is 10.4. The molecule has 1 N–H and O–H groups in total. The fraction of sp³-hybridized carbons (Fsp3) is 0.235. The van der Waals surface area contributed by atoms with Crippen LogP contribution in [0.1, 0.15) is 5.89 Å². The van der Waals surface area contributed by atoms with Crippen molar-refractivity contribution in [2.75, 3.05) is 18.0 Å². The lowest BCUT2D eigenvalue weighted by Crippen LogP contribution is -2.30. The van der Waals surface area contributed by atoms with Crippen LogP contribution in [0, 0.1) is 12.7 Å². The highest BCUT2D eigenvalue weighted by atomic mass is 19.1. The van der Waals surface area contributed by atoms with Gasteiger partial charge >= 0.3 is 6.09 Å². The molecule has 4 rings (SSSR count). The number of rotatable bonds is 6. The summed E-state index contributed by atoms with van der Waals surface area (Å²) < 4.78 is 26.1. The number of hydrogen-bond donors (Lipinski definition) is 1. The number of halogens is 1. The normalized spacial score (nSPS) is 16.3. The number of ether oxygens (including phenoxy) is 1. The Balaban J connectivity index is 1.55. The van der Waals surface area contributed by atoms with Crippen LogP contribution in [0.2, 0.25) is 0 Å². The van der Waals surface area contributed by atoms with Crippen LogP contribution in [0.25, 0.3) is 17.1 Å². The van der Waals surface area contributed by atoms with Crippen LogP contribution in [-0.4, -0.2) is 51.6 Å². The summed E-state index contributed by atoms with van der Waals surface area (Å²) in [7, 11) is 0. The van der Waals surface area contributed by atoms with E-state index in [0.29, 0.717) is 29.4 Å². The number of hydrogen-bond acceptors (Lipinski definition) is 7. The SMILES string of the molecule is Cc1nc(-c2cnn(-c3ccc(N4CC(CNC=O)OC4=O)cc3F)c2)no1. The highest BCUT2D eigenvalue weighted by Crippen LogP contribution is 2.26. The van der Waals surface area contributed by atoms with E-state index in [9.17, 15) is 14.0 Å². The number of nitrogens with zero attached hydrogens (tertiary/aromatic N) is 5. The molecule has 1 saturated heterocycles. The van der Waals surface area contributed by atoms with Gasteiger partial charge in [-0.25, -0.2) is 13.9 Å². The monoisotopic (exact) mass is 386 g/mol. The van der Waals surface area contributed by atoms with E-state index in [-0.39, 0.29) is 18.8 Å². The number of nitrogens with one attached hydrogen (secondary N) is 1. The number of anilines is 1. The summed E-state index contributed by atoms with van der Waals surface area (Å²) >= 11 is 0. The topological polar surface area (TPSA) is 115 Å². The van der Waals surface area contributed by atoms with Crippen molar-refractivity contribution in [2.45, 2.75) is 13.0 Å². The molecule has 0 saturated carbocycles. The lowest BCUT2D eigenvalue weighted by Gasteiger charge is -2.14. The number of carbonyl (C=O) groups is 2. The average molecular weight is 386 g/mol. The summed E-state index contributed by atoms with van der Waals surface area (Å²) in [5.74, 6) is 0.201. The van der Waals surface area contributed by atoms with Gasteiger partial charge in [0.1, 0.15) is 11.8 Å². The first-order valence-electron chi connectivity index (χ1n) is 8.35. The minimum Gasteiger partial charge on any atom is -0.442 e. The summed E-state index contributed by atoms with van der Waals surface area (Å²) in [4.78, 5) is 27.8. The number of cyclic esters (lactones) is 1. The zero-order valence-corrected chi connectivity index (χ0v) is 14.7. The summed E-state index contributed by atoms with van der Waals surface area (Å²) in [5.41, 5.74) is 1.12. The maximum absolute atomic E-state index is 14.7. The molecule has 1 aliphatic heterocycles. The molecule has 1 aromatic carbocycles. The quantitative estimate of drug-likeness (QED) is 0.637. The first kappa shape index (κ1) is 17.6. The second-order valence-electron chi connectivity index (χ2n) is 6.09. The first-order chi connectivity index (χ1) is 13.5. The Bertz CT molecular complexity index is 1030. The third kappa shape index (κ3) is 3.29. The maximum Gasteiger partial charge on any atom is 0.414 e. The minimum absolute atomic E-state index is 0.192. The van der Waals surface area contributed by atoms with E-state index >= 15 is 0 Å². The van der Waals surface area contributed by atoms with Crippen molar-refractivity contribution >= 4 is 18.2 Å². The molecule has 10 nitrogen and oxygen atoms in total. The van der Waals surface area contributed by atoms with Crippen molar-refractivity contribution in [2.24, 2.45) is 0 Å². The van der Waals surface area contributed by atoms with Crippen molar-refractivity contribution < 1.29 is 23.2 Å².